The van der Waals surface area contributed by atoms with Crippen LogP contribution in [0.2, 0.25) is 0 Å². The first kappa shape index (κ1) is 10.8. The van der Waals surface area contributed by atoms with E-state index in [1.807, 2.05) is 0 Å². The lowest BCUT2D eigenvalue weighted by molar-refractivity contribution is -0.280. The molecule has 2 saturated heterocycles. The molecule has 3 nitrogen and oxygen atoms in total. The highest BCUT2D eigenvalue weighted by Gasteiger charge is 2.70. The third kappa shape index (κ3) is 1.23. The Kier molecular flexibility index (Phi) is 2.06. The number of aliphatic hydroxyl groups is 1. The van der Waals surface area contributed by atoms with Crippen LogP contribution in [0.1, 0.15) is 64.2 Å². The summed E-state index contributed by atoms with van der Waals surface area (Å²) in [5.74, 6) is -0.871. The van der Waals surface area contributed by atoms with Crippen LogP contribution in [0.15, 0.2) is 0 Å². The lowest BCUT2D eigenvalue weighted by atomic mass is 9.71. The summed E-state index contributed by atoms with van der Waals surface area (Å²) in [7, 11) is 0. The predicted molar refractivity (Wildman–Crippen MR) is 62.2 cm³/mol. The van der Waals surface area contributed by atoms with Crippen molar-refractivity contribution in [1.29, 1.82) is 0 Å². The van der Waals surface area contributed by atoms with E-state index in [4.69, 9.17) is 9.47 Å². The quantitative estimate of drug-likeness (QED) is 0.705. The van der Waals surface area contributed by atoms with Crippen molar-refractivity contribution >= 4 is 0 Å². The van der Waals surface area contributed by atoms with Crippen LogP contribution in [0.5, 0.6) is 0 Å². The van der Waals surface area contributed by atoms with Gasteiger partial charge in [-0.2, -0.15) is 0 Å². The second-order valence-electron chi connectivity index (χ2n) is 6.48. The number of hydrogen-bond donors (Lipinski definition) is 1. The Labute approximate surface area is 102 Å². The zero-order chi connectivity index (χ0) is 11.6. The van der Waals surface area contributed by atoms with Gasteiger partial charge in [0.2, 0.25) is 0 Å². The van der Waals surface area contributed by atoms with E-state index in [9.17, 15) is 5.11 Å². The summed E-state index contributed by atoms with van der Waals surface area (Å²) in [5.41, 5.74) is -0.362. The molecule has 4 fully saturated rings. The molecule has 2 heterocycles. The van der Waals surface area contributed by atoms with Crippen LogP contribution in [-0.4, -0.2) is 22.3 Å². The zero-order valence-electron chi connectivity index (χ0n) is 10.4. The molecule has 0 aromatic rings. The lowest BCUT2D eigenvalue weighted by Crippen LogP contribution is -2.55. The van der Waals surface area contributed by atoms with Gasteiger partial charge in [-0.3, -0.25) is 0 Å². The third-order valence-electron chi connectivity index (χ3n) is 5.61. The Morgan fingerprint density at radius 3 is 2.59 bits per heavy atom. The molecule has 2 spiro atoms. The van der Waals surface area contributed by atoms with Crippen molar-refractivity contribution in [1.82, 2.24) is 0 Å². The Balaban J connectivity index is 1.75. The minimum atomic E-state index is -0.975. The fourth-order valence-electron chi connectivity index (χ4n) is 4.71. The lowest BCUT2D eigenvalue weighted by Gasteiger charge is -2.47. The molecule has 17 heavy (non-hydrogen) atoms. The summed E-state index contributed by atoms with van der Waals surface area (Å²) in [5, 5.41) is 10.9. The van der Waals surface area contributed by atoms with Crippen molar-refractivity contribution in [3.05, 3.63) is 0 Å². The maximum absolute atomic E-state index is 10.9. The zero-order valence-corrected chi connectivity index (χ0v) is 10.4. The molecule has 0 radical (unpaired) electrons. The van der Waals surface area contributed by atoms with Gasteiger partial charge in [-0.15, -0.1) is 0 Å². The van der Waals surface area contributed by atoms with Gasteiger partial charge < -0.3 is 14.6 Å². The first-order chi connectivity index (χ1) is 8.18. The highest BCUT2D eigenvalue weighted by molar-refractivity contribution is 5.10. The van der Waals surface area contributed by atoms with Crippen molar-refractivity contribution < 1.29 is 14.6 Å². The van der Waals surface area contributed by atoms with Crippen LogP contribution in [-0.2, 0) is 9.47 Å². The summed E-state index contributed by atoms with van der Waals surface area (Å²) in [6.07, 6.45) is 10.9. The minimum Gasteiger partial charge on any atom is -0.363 e. The van der Waals surface area contributed by atoms with Crippen LogP contribution in [0.3, 0.4) is 0 Å². The Hall–Kier alpha value is -0.120. The summed E-state index contributed by atoms with van der Waals surface area (Å²) < 4.78 is 12.6. The smallest absolute Gasteiger partial charge is 0.198 e. The molecule has 2 bridgehead atoms. The van der Waals surface area contributed by atoms with Gasteiger partial charge in [-0.05, 0) is 38.5 Å². The van der Waals surface area contributed by atoms with E-state index in [2.05, 4.69) is 0 Å². The van der Waals surface area contributed by atoms with Gasteiger partial charge in [0, 0.05) is 18.8 Å². The van der Waals surface area contributed by atoms with Crippen molar-refractivity contribution in [2.45, 2.75) is 81.4 Å². The summed E-state index contributed by atoms with van der Waals surface area (Å²) in [6.45, 7) is 0. The molecular formula is C14H22O3. The van der Waals surface area contributed by atoms with Crippen LogP contribution in [0.25, 0.3) is 0 Å². The van der Waals surface area contributed by atoms with Gasteiger partial charge >= 0.3 is 0 Å². The number of rotatable bonds is 0. The molecule has 96 valence electrons. The van der Waals surface area contributed by atoms with Gasteiger partial charge in [-0.25, -0.2) is 0 Å². The van der Waals surface area contributed by atoms with Crippen molar-refractivity contribution in [3.63, 3.8) is 0 Å². The summed E-state index contributed by atoms with van der Waals surface area (Å²) >= 11 is 0. The second kappa shape index (κ2) is 3.25. The Morgan fingerprint density at radius 1 is 0.824 bits per heavy atom. The monoisotopic (exact) mass is 238 g/mol. The highest BCUT2D eigenvalue weighted by atomic mass is 16.8. The Bertz CT molecular complexity index is 340. The van der Waals surface area contributed by atoms with Gasteiger partial charge in [0.25, 0.3) is 0 Å². The maximum Gasteiger partial charge on any atom is 0.198 e. The largest absolute Gasteiger partial charge is 0.363 e. The van der Waals surface area contributed by atoms with E-state index in [1.54, 1.807) is 0 Å². The number of ether oxygens (including phenoxy) is 2. The van der Waals surface area contributed by atoms with Gasteiger partial charge in [0.05, 0.1) is 0 Å². The van der Waals surface area contributed by atoms with E-state index in [0.29, 0.717) is 5.92 Å². The summed E-state index contributed by atoms with van der Waals surface area (Å²) in [6, 6.07) is 0. The normalized spacial score (nSPS) is 57.4. The number of hydrogen-bond acceptors (Lipinski definition) is 3. The van der Waals surface area contributed by atoms with Crippen LogP contribution in [0.4, 0.5) is 0 Å². The SMILES string of the molecule is OC12CCCCC13CCC1CCCCC1(O2)O3. The van der Waals surface area contributed by atoms with E-state index in [1.165, 1.54) is 32.1 Å². The molecular weight excluding hydrogens is 216 g/mol. The van der Waals surface area contributed by atoms with Crippen molar-refractivity contribution in [2.75, 3.05) is 0 Å². The second-order valence-corrected chi connectivity index (χ2v) is 6.48. The minimum absolute atomic E-state index is 0.362. The molecule has 4 aliphatic rings. The molecule has 4 unspecified atom stereocenters. The predicted octanol–water partition coefficient (Wildman–Crippen LogP) is 2.71. The topological polar surface area (TPSA) is 38.7 Å². The average Bonchev–Trinajstić information content (AvgIpc) is 2.52. The van der Waals surface area contributed by atoms with Crippen LogP contribution < -0.4 is 0 Å². The standard InChI is InChI=1S/C14H22O3/c15-14-9-4-3-7-12(14)10-6-11-5-1-2-8-13(11,16-12)17-14/h11,15H,1-10H2. The molecule has 0 amide bonds. The van der Waals surface area contributed by atoms with E-state index < -0.39 is 11.6 Å². The van der Waals surface area contributed by atoms with Gasteiger partial charge in [0.15, 0.2) is 11.6 Å². The highest BCUT2D eigenvalue weighted by Crippen LogP contribution is 2.62. The first-order valence-electron chi connectivity index (χ1n) is 7.31. The average molecular weight is 238 g/mol. The van der Waals surface area contributed by atoms with Crippen molar-refractivity contribution in [3.8, 4) is 0 Å². The fourth-order valence-corrected chi connectivity index (χ4v) is 4.71. The van der Waals surface area contributed by atoms with E-state index >= 15 is 0 Å². The van der Waals surface area contributed by atoms with Gasteiger partial charge in [0.1, 0.15) is 5.60 Å². The molecule has 0 aromatic heterocycles. The molecule has 4 rings (SSSR count). The Morgan fingerprint density at radius 2 is 1.65 bits per heavy atom. The van der Waals surface area contributed by atoms with Crippen molar-refractivity contribution in [2.24, 2.45) is 5.92 Å². The summed E-state index contributed by atoms with van der Waals surface area (Å²) in [4.78, 5) is 0. The molecule has 2 saturated carbocycles. The molecule has 2 aliphatic heterocycles. The van der Waals surface area contributed by atoms with Crippen LogP contribution >= 0.6 is 0 Å². The van der Waals surface area contributed by atoms with E-state index in [-0.39, 0.29) is 5.60 Å². The third-order valence-corrected chi connectivity index (χ3v) is 5.61. The van der Waals surface area contributed by atoms with Crippen LogP contribution in [0, 0.1) is 5.92 Å². The fraction of sp³-hybridized carbons (Fsp3) is 1.00. The molecule has 0 aromatic carbocycles. The molecule has 1 N–H and O–H groups in total. The molecule has 4 atom stereocenters. The molecule has 3 heteroatoms. The van der Waals surface area contributed by atoms with E-state index in [0.717, 1.165) is 32.1 Å². The van der Waals surface area contributed by atoms with Gasteiger partial charge in [-0.1, -0.05) is 12.8 Å². The molecule has 2 aliphatic carbocycles. The first-order valence-corrected chi connectivity index (χ1v) is 7.31. The maximum atomic E-state index is 10.9.